The molecule has 22 heavy (non-hydrogen) atoms. The van der Waals surface area contributed by atoms with Crippen molar-refractivity contribution >= 4 is 17.4 Å². The zero-order valence-electron chi connectivity index (χ0n) is 11.8. The van der Waals surface area contributed by atoms with E-state index in [0.717, 1.165) is 11.3 Å². The molecule has 0 aromatic heterocycles. The Morgan fingerprint density at radius 2 is 2.05 bits per heavy atom. The Balaban J connectivity index is 1.78. The Morgan fingerprint density at radius 1 is 1.23 bits per heavy atom. The van der Waals surface area contributed by atoms with Crippen molar-refractivity contribution in [3.05, 3.63) is 70.3 Å². The van der Waals surface area contributed by atoms with Crippen LogP contribution in [0.4, 0.5) is 5.69 Å². The van der Waals surface area contributed by atoms with Crippen LogP contribution in [0.25, 0.3) is 0 Å². The molecule has 114 valence electrons. The van der Waals surface area contributed by atoms with Crippen LogP contribution in [0.3, 0.4) is 0 Å². The van der Waals surface area contributed by atoms with E-state index in [2.05, 4.69) is 0 Å². The van der Waals surface area contributed by atoms with E-state index in [4.69, 9.17) is 9.47 Å². The van der Waals surface area contributed by atoms with Gasteiger partial charge in [0.1, 0.15) is 12.4 Å². The Bertz CT molecular complexity index is 656. The summed E-state index contributed by atoms with van der Waals surface area (Å²) < 4.78 is 11.7. The highest BCUT2D eigenvalue weighted by molar-refractivity contribution is 8.00. The summed E-state index contributed by atoms with van der Waals surface area (Å²) in [6.07, 6.45) is 0. The highest BCUT2D eigenvalue weighted by Crippen LogP contribution is 2.42. The van der Waals surface area contributed by atoms with E-state index in [0.29, 0.717) is 19.0 Å². The number of rotatable bonds is 5. The molecule has 1 unspecified atom stereocenters. The third-order valence-corrected chi connectivity index (χ3v) is 4.73. The summed E-state index contributed by atoms with van der Waals surface area (Å²) >= 11 is 1.69. The second-order valence-corrected chi connectivity index (χ2v) is 6.22. The van der Waals surface area contributed by atoms with Gasteiger partial charge < -0.3 is 9.47 Å². The highest BCUT2D eigenvalue weighted by atomic mass is 32.2. The molecule has 0 aliphatic carbocycles. The third kappa shape index (κ3) is 3.08. The standard InChI is InChI=1S/C16H15NO4S/c18-17(19)14-7-4-8-15(11-14)20-12-16(21-9-10-22-16)13-5-2-1-3-6-13/h1-8,11H,9-10,12H2. The Hall–Kier alpha value is -2.05. The topological polar surface area (TPSA) is 61.6 Å². The van der Waals surface area contributed by atoms with Crippen LogP contribution in [0, 0.1) is 10.1 Å². The normalized spacial score (nSPS) is 20.7. The molecular weight excluding hydrogens is 302 g/mol. The van der Waals surface area contributed by atoms with E-state index in [1.54, 1.807) is 23.9 Å². The quantitative estimate of drug-likeness (QED) is 0.623. The van der Waals surface area contributed by atoms with Crippen LogP contribution in [0.5, 0.6) is 5.75 Å². The number of ether oxygens (including phenoxy) is 2. The van der Waals surface area contributed by atoms with Gasteiger partial charge in [0, 0.05) is 11.8 Å². The van der Waals surface area contributed by atoms with Gasteiger partial charge >= 0.3 is 0 Å². The molecule has 5 nitrogen and oxygen atoms in total. The average Bonchev–Trinajstić information content (AvgIpc) is 3.04. The monoisotopic (exact) mass is 317 g/mol. The Kier molecular flexibility index (Phi) is 4.31. The second kappa shape index (κ2) is 6.37. The molecule has 0 spiro atoms. The van der Waals surface area contributed by atoms with Crippen molar-refractivity contribution in [3.63, 3.8) is 0 Å². The number of non-ortho nitro benzene ring substituents is 1. The molecule has 0 N–H and O–H groups in total. The van der Waals surface area contributed by atoms with E-state index in [9.17, 15) is 10.1 Å². The van der Waals surface area contributed by atoms with Crippen molar-refractivity contribution in [3.8, 4) is 5.75 Å². The van der Waals surface area contributed by atoms with Gasteiger partial charge in [-0.3, -0.25) is 10.1 Å². The van der Waals surface area contributed by atoms with Crippen LogP contribution in [-0.4, -0.2) is 23.9 Å². The zero-order valence-corrected chi connectivity index (χ0v) is 12.6. The molecule has 2 aromatic carbocycles. The summed E-state index contributed by atoms with van der Waals surface area (Å²) in [6, 6.07) is 16.1. The van der Waals surface area contributed by atoms with Crippen molar-refractivity contribution < 1.29 is 14.4 Å². The lowest BCUT2D eigenvalue weighted by Crippen LogP contribution is -2.29. The van der Waals surface area contributed by atoms with Gasteiger partial charge in [0.2, 0.25) is 0 Å². The van der Waals surface area contributed by atoms with Crippen molar-refractivity contribution in [1.29, 1.82) is 0 Å². The molecule has 1 saturated heterocycles. The number of hydrogen-bond acceptors (Lipinski definition) is 5. The number of nitrogens with zero attached hydrogens (tertiary/aromatic N) is 1. The fourth-order valence-electron chi connectivity index (χ4n) is 2.35. The fourth-order valence-corrected chi connectivity index (χ4v) is 3.45. The van der Waals surface area contributed by atoms with Gasteiger partial charge in [0.25, 0.3) is 5.69 Å². The minimum Gasteiger partial charge on any atom is -0.489 e. The number of benzene rings is 2. The van der Waals surface area contributed by atoms with Gasteiger partial charge in [-0.2, -0.15) is 0 Å². The van der Waals surface area contributed by atoms with Crippen LogP contribution in [-0.2, 0) is 9.67 Å². The van der Waals surface area contributed by atoms with Gasteiger partial charge in [-0.15, -0.1) is 11.8 Å². The van der Waals surface area contributed by atoms with Crippen LogP contribution in [0.2, 0.25) is 0 Å². The summed E-state index contributed by atoms with van der Waals surface area (Å²) in [7, 11) is 0. The summed E-state index contributed by atoms with van der Waals surface area (Å²) in [6.45, 7) is 0.973. The summed E-state index contributed by atoms with van der Waals surface area (Å²) in [5.41, 5.74) is 1.06. The molecule has 6 heteroatoms. The second-order valence-electron chi connectivity index (χ2n) is 4.86. The van der Waals surface area contributed by atoms with E-state index in [-0.39, 0.29) is 5.69 Å². The first-order valence-electron chi connectivity index (χ1n) is 6.90. The molecule has 2 aromatic rings. The maximum absolute atomic E-state index is 10.8. The van der Waals surface area contributed by atoms with E-state index in [1.807, 2.05) is 30.3 Å². The number of hydrogen-bond donors (Lipinski definition) is 0. The van der Waals surface area contributed by atoms with Crippen LogP contribution in [0.15, 0.2) is 54.6 Å². The van der Waals surface area contributed by atoms with Crippen molar-refractivity contribution in [2.45, 2.75) is 4.93 Å². The first-order chi connectivity index (χ1) is 10.7. The lowest BCUT2D eigenvalue weighted by atomic mass is 10.1. The smallest absolute Gasteiger partial charge is 0.273 e. The van der Waals surface area contributed by atoms with Gasteiger partial charge in [0.05, 0.1) is 17.6 Å². The first-order valence-corrected chi connectivity index (χ1v) is 7.89. The molecule has 1 aliphatic rings. The largest absolute Gasteiger partial charge is 0.489 e. The SMILES string of the molecule is O=[N+]([O-])c1cccc(OCC2(c3ccccc3)OCCS2)c1. The average molecular weight is 317 g/mol. The molecule has 1 heterocycles. The molecule has 0 amide bonds. The Morgan fingerprint density at radius 3 is 2.73 bits per heavy atom. The van der Waals surface area contributed by atoms with E-state index < -0.39 is 9.86 Å². The number of thioether (sulfide) groups is 1. The third-order valence-electron chi connectivity index (χ3n) is 3.42. The van der Waals surface area contributed by atoms with E-state index in [1.165, 1.54) is 12.1 Å². The highest BCUT2D eigenvalue weighted by Gasteiger charge is 2.39. The van der Waals surface area contributed by atoms with Gasteiger partial charge in [0.15, 0.2) is 4.93 Å². The number of nitro benzene ring substituents is 1. The minimum atomic E-state index is -0.550. The fraction of sp³-hybridized carbons (Fsp3) is 0.250. The van der Waals surface area contributed by atoms with Gasteiger partial charge in [-0.05, 0) is 11.6 Å². The lowest BCUT2D eigenvalue weighted by molar-refractivity contribution is -0.384. The molecule has 1 atom stereocenters. The first kappa shape index (κ1) is 14.9. The summed E-state index contributed by atoms with van der Waals surface area (Å²) in [5, 5.41) is 10.8. The lowest BCUT2D eigenvalue weighted by Gasteiger charge is -2.27. The minimum absolute atomic E-state index is 0.0197. The Labute approximate surface area is 132 Å². The van der Waals surface area contributed by atoms with Crippen LogP contribution in [0.1, 0.15) is 5.56 Å². The zero-order chi connectivity index (χ0) is 15.4. The van der Waals surface area contributed by atoms with Gasteiger partial charge in [-0.1, -0.05) is 36.4 Å². The molecule has 3 rings (SSSR count). The van der Waals surface area contributed by atoms with Crippen LogP contribution >= 0.6 is 11.8 Å². The molecular formula is C16H15NO4S. The molecule has 0 bridgehead atoms. The maximum atomic E-state index is 10.8. The summed E-state index contributed by atoms with van der Waals surface area (Å²) in [5.74, 6) is 1.37. The van der Waals surface area contributed by atoms with Crippen molar-refractivity contribution in [1.82, 2.24) is 0 Å². The molecule has 0 radical (unpaired) electrons. The van der Waals surface area contributed by atoms with Crippen molar-refractivity contribution in [2.75, 3.05) is 19.0 Å². The van der Waals surface area contributed by atoms with Crippen LogP contribution < -0.4 is 4.74 Å². The molecule has 0 saturated carbocycles. The van der Waals surface area contributed by atoms with Gasteiger partial charge in [-0.25, -0.2) is 0 Å². The maximum Gasteiger partial charge on any atom is 0.273 e. The predicted octanol–water partition coefficient (Wildman–Crippen LogP) is 3.59. The van der Waals surface area contributed by atoms with Crippen molar-refractivity contribution in [2.24, 2.45) is 0 Å². The number of nitro groups is 1. The molecule has 1 aliphatic heterocycles. The summed E-state index contributed by atoms with van der Waals surface area (Å²) in [4.78, 5) is 9.84. The van der Waals surface area contributed by atoms with E-state index >= 15 is 0 Å². The molecule has 1 fully saturated rings. The predicted molar refractivity (Wildman–Crippen MR) is 85.1 cm³/mol.